The number of hydrogen-bond acceptors (Lipinski definition) is 5. The first-order valence-corrected chi connectivity index (χ1v) is 9.43. The van der Waals surface area contributed by atoms with Gasteiger partial charge < -0.3 is 5.73 Å². The first-order valence-electron chi connectivity index (χ1n) is 6.23. The highest BCUT2D eigenvalue weighted by molar-refractivity contribution is 7.89. The first-order chi connectivity index (χ1) is 9.46. The summed E-state index contributed by atoms with van der Waals surface area (Å²) in [6, 6.07) is 5.55. The van der Waals surface area contributed by atoms with Crippen molar-refractivity contribution in [2.75, 3.05) is 7.05 Å². The molecule has 2 rings (SSSR count). The van der Waals surface area contributed by atoms with E-state index in [1.165, 1.54) is 20.5 Å². The van der Waals surface area contributed by atoms with E-state index in [1.807, 2.05) is 24.4 Å². The van der Waals surface area contributed by atoms with Gasteiger partial charge in [0.05, 0.1) is 4.90 Å². The second kappa shape index (κ2) is 6.36. The van der Waals surface area contributed by atoms with Crippen LogP contribution in [0, 0.1) is 0 Å². The fourth-order valence-electron chi connectivity index (χ4n) is 1.95. The van der Waals surface area contributed by atoms with E-state index >= 15 is 0 Å². The van der Waals surface area contributed by atoms with Crippen molar-refractivity contribution in [3.63, 3.8) is 0 Å². The average Bonchev–Trinajstić information content (AvgIpc) is 3.08. The summed E-state index contributed by atoms with van der Waals surface area (Å²) in [6.45, 7) is 2.17. The van der Waals surface area contributed by atoms with E-state index < -0.39 is 10.0 Å². The van der Waals surface area contributed by atoms with Crippen LogP contribution in [0.15, 0.2) is 33.9 Å². The minimum Gasteiger partial charge on any atom is -0.326 e. The zero-order valence-corrected chi connectivity index (χ0v) is 13.9. The number of thiophene rings is 2. The van der Waals surface area contributed by atoms with Gasteiger partial charge in [0.25, 0.3) is 0 Å². The lowest BCUT2D eigenvalue weighted by molar-refractivity contribution is 0.388. The molecule has 0 saturated carbocycles. The van der Waals surface area contributed by atoms with Crippen molar-refractivity contribution < 1.29 is 8.42 Å². The first kappa shape index (κ1) is 15.7. The summed E-state index contributed by atoms with van der Waals surface area (Å²) >= 11 is 3.03. The van der Waals surface area contributed by atoms with Crippen LogP contribution >= 0.6 is 22.7 Å². The molecule has 2 N–H and O–H groups in total. The molecule has 0 spiro atoms. The normalized spacial score (nSPS) is 13.8. The van der Waals surface area contributed by atoms with E-state index in [1.54, 1.807) is 29.8 Å². The number of hydrogen-bond donors (Lipinski definition) is 1. The smallest absolute Gasteiger partial charge is 0.244 e. The van der Waals surface area contributed by atoms with Gasteiger partial charge in [0.2, 0.25) is 10.0 Å². The van der Waals surface area contributed by atoms with Crippen LogP contribution in [0.1, 0.15) is 16.7 Å². The molecule has 2 aromatic heterocycles. The SMILES string of the molecule is CC(Cc1cccs1)N(C)S(=O)(=O)c1ccsc1CN. The molecule has 0 bridgehead atoms. The largest absolute Gasteiger partial charge is 0.326 e. The Morgan fingerprint density at radius 1 is 1.30 bits per heavy atom. The fraction of sp³-hybridized carbons (Fsp3) is 0.385. The van der Waals surface area contributed by atoms with Crippen LogP contribution in [-0.4, -0.2) is 25.8 Å². The van der Waals surface area contributed by atoms with Gasteiger partial charge in [0.15, 0.2) is 0 Å². The van der Waals surface area contributed by atoms with E-state index in [9.17, 15) is 8.42 Å². The second-order valence-corrected chi connectivity index (χ2v) is 8.56. The maximum atomic E-state index is 12.6. The van der Waals surface area contributed by atoms with Crippen molar-refractivity contribution in [1.29, 1.82) is 0 Å². The van der Waals surface area contributed by atoms with Gasteiger partial charge in [-0.15, -0.1) is 22.7 Å². The molecule has 0 radical (unpaired) electrons. The lowest BCUT2D eigenvalue weighted by Gasteiger charge is -2.24. The molecule has 20 heavy (non-hydrogen) atoms. The van der Waals surface area contributed by atoms with E-state index in [4.69, 9.17) is 5.73 Å². The number of sulfonamides is 1. The van der Waals surface area contributed by atoms with Crippen molar-refractivity contribution in [3.05, 3.63) is 38.7 Å². The molecule has 0 aromatic carbocycles. The van der Waals surface area contributed by atoms with Gasteiger partial charge in [0, 0.05) is 29.4 Å². The van der Waals surface area contributed by atoms with Gasteiger partial charge in [-0.05, 0) is 36.2 Å². The van der Waals surface area contributed by atoms with Crippen LogP contribution in [-0.2, 0) is 23.0 Å². The Labute approximate surface area is 127 Å². The lowest BCUT2D eigenvalue weighted by Crippen LogP contribution is -2.36. The quantitative estimate of drug-likeness (QED) is 0.885. The maximum absolute atomic E-state index is 12.6. The topological polar surface area (TPSA) is 63.4 Å². The van der Waals surface area contributed by atoms with Crippen molar-refractivity contribution >= 4 is 32.7 Å². The Balaban J connectivity index is 2.20. The zero-order valence-electron chi connectivity index (χ0n) is 11.4. The molecule has 0 fully saturated rings. The Hall–Kier alpha value is -0.730. The molecule has 0 saturated heterocycles. The van der Waals surface area contributed by atoms with Crippen LogP contribution in [0.25, 0.3) is 0 Å². The average molecular weight is 331 g/mol. The maximum Gasteiger partial charge on any atom is 0.244 e. The summed E-state index contributed by atoms with van der Waals surface area (Å²) < 4.78 is 26.7. The monoisotopic (exact) mass is 330 g/mol. The summed E-state index contributed by atoms with van der Waals surface area (Å²) in [6.07, 6.45) is 0.718. The third-order valence-electron chi connectivity index (χ3n) is 3.24. The zero-order chi connectivity index (χ0) is 14.8. The minimum atomic E-state index is -3.47. The van der Waals surface area contributed by atoms with Gasteiger partial charge in [-0.25, -0.2) is 8.42 Å². The molecule has 2 heterocycles. The Morgan fingerprint density at radius 3 is 2.65 bits per heavy atom. The van der Waals surface area contributed by atoms with E-state index in [-0.39, 0.29) is 12.6 Å². The van der Waals surface area contributed by atoms with Crippen LogP contribution in [0.5, 0.6) is 0 Å². The molecule has 4 nitrogen and oxygen atoms in total. The predicted molar refractivity (Wildman–Crippen MR) is 84.6 cm³/mol. The molecule has 0 amide bonds. The molecule has 110 valence electrons. The standard InChI is InChI=1S/C13H18N2O2S3/c1-10(8-11-4-3-6-18-11)15(2)20(16,17)13-5-7-19-12(13)9-14/h3-7,10H,8-9,14H2,1-2H3. The summed E-state index contributed by atoms with van der Waals surface area (Å²) in [7, 11) is -1.84. The molecule has 1 atom stereocenters. The van der Waals surface area contributed by atoms with Gasteiger partial charge in [-0.2, -0.15) is 4.31 Å². The number of nitrogens with zero attached hydrogens (tertiary/aromatic N) is 1. The van der Waals surface area contributed by atoms with Crippen LogP contribution < -0.4 is 5.73 Å². The molecule has 0 aliphatic rings. The summed E-state index contributed by atoms with van der Waals surface area (Å²) in [5.41, 5.74) is 5.61. The van der Waals surface area contributed by atoms with Gasteiger partial charge in [-0.1, -0.05) is 6.07 Å². The molecular formula is C13H18N2O2S3. The van der Waals surface area contributed by atoms with Crippen molar-refractivity contribution in [1.82, 2.24) is 4.31 Å². The van der Waals surface area contributed by atoms with Gasteiger partial charge in [-0.3, -0.25) is 0 Å². The van der Waals surface area contributed by atoms with Crippen LogP contribution in [0.3, 0.4) is 0 Å². The molecule has 0 aliphatic heterocycles. The molecule has 0 aliphatic carbocycles. The van der Waals surface area contributed by atoms with Crippen molar-refractivity contribution in [3.8, 4) is 0 Å². The van der Waals surface area contributed by atoms with Crippen LogP contribution in [0.2, 0.25) is 0 Å². The van der Waals surface area contributed by atoms with Gasteiger partial charge in [0.1, 0.15) is 0 Å². The Kier molecular flexibility index (Phi) is 4.98. The van der Waals surface area contributed by atoms with Crippen molar-refractivity contribution in [2.45, 2.75) is 30.8 Å². The highest BCUT2D eigenvalue weighted by Crippen LogP contribution is 2.26. The fourth-order valence-corrected chi connectivity index (χ4v) is 5.44. The lowest BCUT2D eigenvalue weighted by atomic mass is 10.2. The summed E-state index contributed by atoms with van der Waals surface area (Å²) in [5.74, 6) is 0. The molecular weight excluding hydrogens is 312 g/mol. The number of likely N-dealkylation sites (N-methyl/N-ethyl adjacent to an activating group) is 1. The predicted octanol–water partition coefficient (Wildman–Crippen LogP) is 2.52. The third-order valence-corrected chi connectivity index (χ3v) is 7.27. The molecule has 1 unspecified atom stereocenters. The highest BCUT2D eigenvalue weighted by Gasteiger charge is 2.28. The summed E-state index contributed by atoms with van der Waals surface area (Å²) in [4.78, 5) is 2.23. The highest BCUT2D eigenvalue weighted by atomic mass is 32.2. The Bertz CT molecular complexity index is 647. The van der Waals surface area contributed by atoms with E-state index in [0.717, 1.165) is 6.42 Å². The second-order valence-electron chi connectivity index (χ2n) is 4.57. The molecule has 7 heteroatoms. The van der Waals surface area contributed by atoms with Crippen molar-refractivity contribution in [2.24, 2.45) is 5.73 Å². The summed E-state index contributed by atoms with van der Waals surface area (Å²) in [5, 5.41) is 3.77. The third kappa shape index (κ3) is 3.12. The van der Waals surface area contributed by atoms with Crippen LogP contribution in [0.4, 0.5) is 0 Å². The minimum absolute atomic E-state index is 0.0934. The van der Waals surface area contributed by atoms with E-state index in [0.29, 0.717) is 9.77 Å². The molecule has 2 aromatic rings. The number of nitrogens with two attached hydrogens (primary N) is 1. The Morgan fingerprint density at radius 2 is 2.05 bits per heavy atom. The van der Waals surface area contributed by atoms with E-state index in [2.05, 4.69) is 0 Å². The van der Waals surface area contributed by atoms with Gasteiger partial charge >= 0.3 is 0 Å². The number of rotatable bonds is 6.